The monoisotopic (exact) mass is 368 g/mol. The minimum Gasteiger partial charge on any atom is -0.322 e. The molecule has 3 aromatic carbocycles. The minimum absolute atomic E-state index is 0.101. The van der Waals surface area contributed by atoms with E-state index in [0.717, 1.165) is 42.9 Å². The van der Waals surface area contributed by atoms with Crippen molar-refractivity contribution in [2.24, 2.45) is 0 Å². The van der Waals surface area contributed by atoms with Gasteiger partial charge < -0.3 is 5.32 Å². The van der Waals surface area contributed by atoms with Crippen molar-refractivity contribution in [3.63, 3.8) is 0 Å². The average Bonchev–Trinajstić information content (AvgIpc) is 2.74. The third kappa shape index (κ3) is 4.21. The van der Waals surface area contributed by atoms with Gasteiger partial charge in [0.25, 0.3) is 5.91 Å². The van der Waals surface area contributed by atoms with Gasteiger partial charge in [-0.1, -0.05) is 61.2 Å². The molecule has 3 nitrogen and oxygen atoms in total. The number of carbonyl (C=O) groups excluding carboxylic acids is 1. The highest BCUT2D eigenvalue weighted by Crippen LogP contribution is 2.22. The molecule has 0 aromatic heterocycles. The molecule has 0 unspecified atom stereocenters. The molecule has 0 aliphatic carbocycles. The second-order valence-corrected chi connectivity index (χ2v) is 7.23. The molecule has 1 N–H and O–H groups in total. The Balaban J connectivity index is 1.37. The summed E-state index contributed by atoms with van der Waals surface area (Å²) in [6, 6.07) is 25.9. The molecule has 1 aliphatic heterocycles. The van der Waals surface area contributed by atoms with Crippen LogP contribution in [0.2, 0.25) is 0 Å². The van der Waals surface area contributed by atoms with Crippen molar-refractivity contribution in [2.45, 2.75) is 13.0 Å². The first-order chi connectivity index (χ1) is 13.7. The molecule has 3 aromatic rings. The van der Waals surface area contributed by atoms with Crippen molar-refractivity contribution in [2.75, 3.05) is 18.4 Å². The summed E-state index contributed by atoms with van der Waals surface area (Å²) in [6.07, 6.45) is 1.09. The largest absolute Gasteiger partial charge is 0.322 e. The number of benzene rings is 3. The van der Waals surface area contributed by atoms with Gasteiger partial charge >= 0.3 is 0 Å². The Hall–Kier alpha value is -3.17. The van der Waals surface area contributed by atoms with E-state index in [-0.39, 0.29) is 5.91 Å². The molecule has 0 saturated heterocycles. The van der Waals surface area contributed by atoms with Crippen LogP contribution in [0.5, 0.6) is 0 Å². The molecule has 140 valence electrons. The lowest BCUT2D eigenvalue weighted by Gasteiger charge is -2.29. The lowest BCUT2D eigenvalue weighted by atomic mass is 9.98. The molecule has 0 atom stereocenters. The van der Waals surface area contributed by atoms with Crippen LogP contribution in [0.4, 0.5) is 5.69 Å². The Kier molecular flexibility index (Phi) is 5.36. The first-order valence-corrected chi connectivity index (χ1v) is 9.63. The van der Waals surface area contributed by atoms with Crippen molar-refractivity contribution in [3.05, 3.63) is 108 Å². The zero-order chi connectivity index (χ0) is 19.3. The molecular formula is C25H24N2O. The van der Waals surface area contributed by atoms with Crippen LogP contribution in [0.1, 0.15) is 27.0 Å². The van der Waals surface area contributed by atoms with Gasteiger partial charge in [-0.2, -0.15) is 0 Å². The summed E-state index contributed by atoms with van der Waals surface area (Å²) < 4.78 is 0. The highest BCUT2D eigenvalue weighted by Gasteiger charge is 2.16. The van der Waals surface area contributed by atoms with Crippen LogP contribution in [0, 0.1) is 0 Å². The fraction of sp³-hybridized carbons (Fsp3) is 0.160. The summed E-state index contributed by atoms with van der Waals surface area (Å²) in [5.74, 6) is -0.101. The van der Waals surface area contributed by atoms with Gasteiger partial charge in [0.15, 0.2) is 0 Å². The van der Waals surface area contributed by atoms with Crippen LogP contribution in [-0.2, 0) is 13.0 Å². The summed E-state index contributed by atoms with van der Waals surface area (Å²) in [5.41, 5.74) is 6.47. The number of nitrogens with one attached hydrogen (secondary N) is 1. The number of amides is 1. The standard InChI is InChI=1S/C25H24N2O/c1-19(17-27-16-15-21-7-5-6-8-23(21)18-27)20-11-13-22(14-12-20)25(28)26-24-9-3-2-4-10-24/h2-14H,1,15-18H2,(H,26,28). The lowest BCUT2D eigenvalue weighted by Crippen LogP contribution is -2.31. The van der Waals surface area contributed by atoms with E-state index in [0.29, 0.717) is 5.56 Å². The van der Waals surface area contributed by atoms with Gasteiger partial charge in [0, 0.05) is 30.9 Å². The van der Waals surface area contributed by atoms with Crippen molar-refractivity contribution in [1.29, 1.82) is 0 Å². The highest BCUT2D eigenvalue weighted by molar-refractivity contribution is 6.04. The van der Waals surface area contributed by atoms with E-state index in [1.54, 1.807) is 0 Å². The number of nitrogens with zero attached hydrogens (tertiary/aromatic N) is 1. The summed E-state index contributed by atoms with van der Waals surface area (Å²) >= 11 is 0. The van der Waals surface area contributed by atoms with Gasteiger partial charge in [-0.15, -0.1) is 0 Å². The van der Waals surface area contributed by atoms with Crippen molar-refractivity contribution >= 4 is 17.2 Å². The third-order valence-corrected chi connectivity index (χ3v) is 5.21. The number of hydrogen-bond acceptors (Lipinski definition) is 2. The third-order valence-electron chi connectivity index (χ3n) is 5.21. The normalized spacial score (nSPS) is 13.6. The molecule has 0 bridgehead atoms. The molecule has 0 saturated carbocycles. The molecule has 1 aliphatic rings. The summed E-state index contributed by atoms with van der Waals surface area (Å²) in [6.45, 7) is 7.13. The molecule has 3 heteroatoms. The van der Waals surface area contributed by atoms with Crippen LogP contribution in [0.25, 0.3) is 5.57 Å². The number of rotatable bonds is 5. The molecule has 1 amide bonds. The van der Waals surface area contributed by atoms with E-state index < -0.39 is 0 Å². The van der Waals surface area contributed by atoms with E-state index in [1.807, 2.05) is 54.6 Å². The first kappa shape index (κ1) is 18.2. The Bertz CT molecular complexity index is 977. The molecular weight excluding hydrogens is 344 g/mol. The van der Waals surface area contributed by atoms with Gasteiger partial charge in [0.05, 0.1) is 0 Å². The fourth-order valence-electron chi connectivity index (χ4n) is 3.63. The average molecular weight is 368 g/mol. The van der Waals surface area contributed by atoms with E-state index in [4.69, 9.17) is 0 Å². The van der Waals surface area contributed by atoms with Crippen molar-refractivity contribution < 1.29 is 4.79 Å². The van der Waals surface area contributed by atoms with Gasteiger partial charge in [-0.3, -0.25) is 9.69 Å². The smallest absolute Gasteiger partial charge is 0.255 e. The molecule has 0 radical (unpaired) electrons. The Morgan fingerprint density at radius 1 is 0.857 bits per heavy atom. The van der Waals surface area contributed by atoms with E-state index in [1.165, 1.54) is 11.1 Å². The lowest BCUT2D eigenvalue weighted by molar-refractivity contribution is 0.102. The van der Waals surface area contributed by atoms with Crippen LogP contribution in [0.15, 0.2) is 85.4 Å². The van der Waals surface area contributed by atoms with Crippen LogP contribution >= 0.6 is 0 Å². The second-order valence-electron chi connectivity index (χ2n) is 7.23. The van der Waals surface area contributed by atoms with E-state index in [9.17, 15) is 4.79 Å². The maximum Gasteiger partial charge on any atom is 0.255 e. The molecule has 0 spiro atoms. The fourth-order valence-corrected chi connectivity index (χ4v) is 3.63. The van der Waals surface area contributed by atoms with Crippen molar-refractivity contribution in [1.82, 2.24) is 4.90 Å². The van der Waals surface area contributed by atoms with Gasteiger partial charge in [0.2, 0.25) is 0 Å². The molecule has 28 heavy (non-hydrogen) atoms. The molecule has 4 rings (SSSR count). The Morgan fingerprint density at radius 2 is 1.50 bits per heavy atom. The number of carbonyl (C=O) groups is 1. The Morgan fingerprint density at radius 3 is 2.25 bits per heavy atom. The number of para-hydroxylation sites is 1. The van der Waals surface area contributed by atoms with Crippen LogP contribution < -0.4 is 5.32 Å². The zero-order valence-corrected chi connectivity index (χ0v) is 15.9. The predicted octanol–water partition coefficient (Wildman–Crippen LogP) is 5.01. The summed E-state index contributed by atoms with van der Waals surface area (Å²) in [4.78, 5) is 14.8. The van der Waals surface area contributed by atoms with E-state index in [2.05, 4.69) is 41.1 Å². The maximum absolute atomic E-state index is 12.4. The molecule has 1 heterocycles. The quantitative estimate of drug-likeness (QED) is 0.686. The minimum atomic E-state index is -0.101. The van der Waals surface area contributed by atoms with Crippen molar-refractivity contribution in [3.8, 4) is 0 Å². The highest BCUT2D eigenvalue weighted by atomic mass is 16.1. The van der Waals surface area contributed by atoms with Gasteiger partial charge in [-0.25, -0.2) is 0 Å². The molecule has 0 fully saturated rings. The zero-order valence-electron chi connectivity index (χ0n) is 15.9. The van der Waals surface area contributed by atoms with Crippen LogP contribution in [0.3, 0.4) is 0 Å². The SMILES string of the molecule is C=C(CN1CCc2ccccc2C1)c1ccc(C(=O)Nc2ccccc2)cc1. The number of hydrogen-bond donors (Lipinski definition) is 1. The number of anilines is 1. The Labute approximate surface area is 166 Å². The van der Waals surface area contributed by atoms with E-state index >= 15 is 0 Å². The van der Waals surface area contributed by atoms with Gasteiger partial charge in [-0.05, 0) is 52.9 Å². The maximum atomic E-state index is 12.4. The predicted molar refractivity (Wildman–Crippen MR) is 115 cm³/mol. The summed E-state index contributed by atoms with van der Waals surface area (Å²) in [7, 11) is 0. The van der Waals surface area contributed by atoms with Crippen LogP contribution in [-0.4, -0.2) is 23.9 Å². The number of fused-ring (bicyclic) bond motifs is 1. The second kappa shape index (κ2) is 8.24. The first-order valence-electron chi connectivity index (χ1n) is 9.63. The topological polar surface area (TPSA) is 32.3 Å². The van der Waals surface area contributed by atoms with Gasteiger partial charge in [0.1, 0.15) is 0 Å². The summed E-state index contributed by atoms with van der Waals surface area (Å²) in [5, 5.41) is 2.91.